The number of piperidine rings is 1. The first-order valence-corrected chi connectivity index (χ1v) is 9.87. The summed E-state index contributed by atoms with van der Waals surface area (Å²) >= 11 is 1.70. The van der Waals surface area contributed by atoms with Crippen LogP contribution < -0.4 is 0 Å². The molecule has 0 radical (unpaired) electrons. The van der Waals surface area contributed by atoms with Crippen molar-refractivity contribution in [2.45, 2.75) is 43.2 Å². The fourth-order valence-electron chi connectivity index (χ4n) is 3.49. The molecule has 1 aliphatic rings. The van der Waals surface area contributed by atoms with Crippen molar-refractivity contribution < 1.29 is 9.90 Å². The molecule has 2 unspecified atom stereocenters. The van der Waals surface area contributed by atoms with E-state index in [0.717, 1.165) is 36.2 Å². The Bertz CT molecular complexity index is 715. The van der Waals surface area contributed by atoms with Crippen molar-refractivity contribution in [3.63, 3.8) is 0 Å². The Morgan fingerprint density at radius 3 is 2.60 bits per heavy atom. The molecule has 0 amide bonds. The van der Waals surface area contributed by atoms with E-state index < -0.39 is 12.0 Å². The second-order valence-electron chi connectivity index (χ2n) is 6.52. The number of carbonyl (C=O) groups is 1. The second kappa shape index (κ2) is 8.02. The molecule has 2 aromatic rings. The van der Waals surface area contributed by atoms with Crippen LogP contribution >= 0.6 is 11.8 Å². The number of pyridine rings is 1. The highest BCUT2D eigenvalue weighted by Gasteiger charge is 2.35. The van der Waals surface area contributed by atoms with Crippen LogP contribution in [-0.4, -0.2) is 39.8 Å². The standard InChI is InChI=1S/C20H24N2O2S/c1-14-6-11-17(21-13-14)19(15-7-9-16(25-2)10-8-15)22-12-4-3-5-18(22)20(23)24/h6-11,13,18-19H,3-5,12H2,1-2H3,(H,23,24). The fraction of sp³-hybridized carbons (Fsp3) is 0.400. The van der Waals surface area contributed by atoms with E-state index in [2.05, 4.69) is 40.4 Å². The third-order valence-corrected chi connectivity index (χ3v) is 5.55. The van der Waals surface area contributed by atoms with Crippen molar-refractivity contribution >= 4 is 17.7 Å². The Hall–Kier alpha value is -1.85. The Kier molecular flexibility index (Phi) is 5.76. The van der Waals surface area contributed by atoms with Crippen molar-refractivity contribution in [3.8, 4) is 0 Å². The zero-order valence-electron chi connectivity index (χ0n) is 14.7. The van der Waals surface area contributed by atoms with Crippen molar-refractivity contribution in [3.05, 3.63) is 59.4 Å². The van der Waals surface area contributed by atoms with Gasteiger partial charge in [-0.05, 0) is 61.9 Å². The van der Waals surface area contributed by atoms with E-state index in [4.69, 9.17) is 0 Å². The van der Waals surface area contributed by atoms with Gasteiger partial charge >= 0.3 is 5.97 Å². The molecule has 4 nitrogen and oxygen atoms in total. The summed E-state index contributed by atoms with van der Waals surface area (Å²) < 4.78 is 0. The molecule has 132 valence electrons. The van der Waals surface area contributed by atoms with Crippen molar-refractivity contribution in [2.24, 2.45) is 0 Å². The molecule has 1 saturated heterocycles. The molecule has 0 aliphatic carbocycles. The average Bonchev–Trinajstić information content (AvgIpc) is 2.64. The summed E-state index contributed by atoms with van der Waals surface area (Å²) in [4.78, 5) is 19.8. The molecule has 1 aromatic heterocycles. The second-order valence-corrected chi connectivity index (χ2v) is 7.40. The molecule has 2 heterocycles. The lowest BCUT2D eigenvalue weighted by atomic mass is 9.94. The number of thioether (sulfide) groups is 1. The Morgan fingerprint density at radius 2 is 2.00 bits per heavy atom. The SMILES string of the molecule is CSc1ccc(C(c2ccc(C)cn2)N2CCCCC2C(=O)O)cc1. The minimum atomic E-state index is -0.738. The molecule has 0 bridgehead atoms. The fourth-order valence-corrected chi connectivity index (χ4v) is 3.90. The lowest BCUT2D eigenvalue weighted by molar-refractivity contribution is -0.145. The van der Waals surface area contributed by atoms with E-state index in [9.17, 15) is 9.90 Å². The third-order valence-electron chi connectivity index (χ3n) is 4.81. The summed E-state index contributed by atoms with van der Waals surface area (Å²) in [5.41, 5.74) is 3.12. The van der Waals surface area contributed by atoms with Crippen LogP contribution in [0.4, 0.5) is 0 Å². The summed E-state index contributed by atoms with van der Waals surface area (Å²) in [6.07, 6.45) is 6.60. The molecular formula is C20H24N2O2S. The smallest absolute Gasteiger partial charge is 0.320 e. The van der Waals surface area contributed by atoms with Gasteiger partial charge in [0.15, 0.2) is 0 Å². The van der Waals surface area contributed by atoms with Gasteiger partial charge in [0.1, 0.15) is 6.04 Å². The third kappa shape index (κ3) is 4.05. The highest BCUT2D eigenvalue weighted by atomic mass is 32.2. The molecule has 0 spiro atoms. The largest absolute Gasteiger partial charge is 0.480 e. The molecule has 5 heteroatoms. The summed E-state index contributed by atoms with van der Waals surface area (Å²) in [7, 11) is 0. The number of benzene rings is 1. The predicted octanol–water partition coefficient (Wildman–Crippen LogP) is 4.14. The number of aromatic nitrogens is 1. The summed E-state index contributed by atoms with van der Waals surface area (Å²) in [6.45, 7) is 2.79. The first-order chi connectivity index (χ1) is 12.1. The number of nitrogens with zero attached hydrogens (tertiary/aromatic N) is 2. The maximum absolute atomic E-state index is 11.8. The van der Waals surface area contributed by atoms with Gasteiger partial charge in [0.05, 0.1) is 11.7 Å². The molecular weight excluding hydrogens is 332 g/mol. The van der Waals surface area contributed by atoms with E-state index >= 15 is 0 Å². The quantitative estimate of drug-likeness (QED) is 0.816. The highest BCUT2D eigenvalue weighted by Crippen LogP contribution is 2.34. The van der Waals surface area contributed by atoms with E-state index in [1.165, 1.54) is 4.90 Å². The summed E-state index contributed by atoms with van der Waals surface area (Å²) in [6, 6.07) is 11.9. The molecule has 1 N–H and O–H groups in total. The zero-order valence-corrected chi connectivity index (χ0v) is 15.5. The molecule has 25 heavy (non-hydrogen) atoms. The normalized spacial score (nSPS) is 19.5. The van der Waals surface area contributed by atoms with Crippen LogP contribution in [0.2, 0.25) is 0 Å². The lowest BCUT2D eigenvalue weighted by Crippen LogP contribution is -2.47. The number of carboxylic acid groups (broad SMARTS) is 1. The van der Waals surface area contributed by atoms with Crippen LogP contribution in [0.3, 0.4) is 0 Å². The topological polar surface area (TPSA) is 53.4 Å². The van der Waals surface area contributed by atoms with Crippen LogP contribution in [-0.2, 0) is 4.79 Å². The molecule has 3 rings (SSSR count). The monoisotopic (exact) mass is 356 g/mol. The van der Waals surface area contributed by atoms with E-state index in [0.29, 0.717) is 6.42 Å². The Labute approximate surface area is 153 Å². The molecule has 1 aromatic carbocycles. The van der Waals surface area contributed by atoms with Gasteiger partial charge in [-0.25, -0.2) is 0 Å². The van der Waals surface area contributed by atoms with Crippen LogP contribution in [0.1, 0.15) is 42.1 Å². The Balaban J connectivity index is 2.03. The van der Waals surface area contributed by atoms with Gasteiger partial charge in [-0.2, -0.15) is 0 Å². The van der Waals surface area contributed by atoms with Gasteiger partial charge in [0.2, 0.25) is 0 Å². The van der Waals surface area contributed by atoms with Gasteiger partial charge in [-0.3, -0.25) is 14.7 Å². The minimum Gasteiger partial charge on any atom is -0.480 e. The zero-order chi connectivity index (χ0) is 17.8. The molecule has 1 aliphatic heterocycles. The van der Waals surface area contributed by atoms with Crippen LogP contribution in [0.5, 0.6) is 0 Å². The first-order valence-electron chi connectivity index (χ1n) is 8.65. The van der Waals surface area contributed by atoms with Gasteiger partial charge in [0, 0.05) is 11.1 Å². The van der Waals surface area contributed by atoms with Gasteiger partial charge in [-0.1, -0.05) is 24.6 Å². The molecule has 0 saturated carbocycles. The van der Waals surface area contributed by atoms with E-state index in [1.54, 1.807) is 11.8 Å². The average molecular weight is 356 g/mol. The number of rotatable bonds is 5. The number of hydrogen-bond acceptors (Lipinski definition) is 4. The Morgan fingerprint density at radius 1 is 1.24 bits per heavy atom. The lowest BCUT2D eigenvalue weighted by Gasteiger charge is -2.39. The summed E-state index contributed by atoms with van der Waals surface area (Å²) in [5.74, 6) is -0.738. The number of aliphatic carboxylic acids is 1. The van der Waals surface area contributed by atoms with Gasteiger partial charge < -0.3 is 5.11 Å². The number of aryl methyl sites for hydroxylation is 1. The summed E-state index contributed by atoms with van der Waals surface area (Å²) in [5, 5.41) is 9.71. The van der Waals surface area contributed by atoms with Gasteiger partial charge in [0.25, 0.3) is 0 Å². The minimum absolute atomic E-state index is 0.127. The number of carboxylic acids is 1. The maximum Gasteiger partial charge on any atom is 0.320 e. The molecule has 1 fully saturated rings. The molecule has 2 atom stereocenters. The van der Waals surface area contributed by atoms with Crippen LogP contribution in [0.15, 0.2) is 47.5 Å². The van der Waals surface area contributed by atoms with Crippen molar-refractivity contribution in [1.82, 2.24) is 9.88 Å². The highest BCUT2D eigenvalue weighted by molar-refractivity contribution is 7.98. The predicted molar refractivity (Wildman–Crippen MR) is 101 cm³/mol. The van der Waals surface area contributed by atoms with E-state index in [-0.39, 0.29) is 6.04 Å². The van der Waals surface area contributed by atoms with Gasteiger partial charge in [-0.15, -0.1) is 11.8 Å². The maximum atomic E-state index is 11.8. The van der Waals surface area contributed by atoms with Crippen molar-refractivity contribution in [2.75, 3.05) is 12.8 Å². The van der Waals surface area contributed by atoms with Crippen LogP contribution in [0, 0.1) is 6.92 Å². The van der Waals surface area contributed by atoms with E-state index in [1.807, 2.05) is 25.3 Å². The number of likely N-dealkylation sites (tertiary alicyclic amines) is 1. The first kappa shape index (κ1) is 18.0. The van der Waals surface area contributed by atoms with Crippen molar-refractivity contribution in [1.29, 1.82) is 0 Å². The van der Waals surface area contributed by atoms with Crippen LogP contribution in [0.25, 0.3) is 0 Å². The number of hydrogen-bond donors (Lipinski definition) is 1.